The van der Waals surface area contributed by atoms with Crippen molar-refractivity contribution in [1.29, 1.82) is 0 Å². The van der Waals surface area contributed by atoms with Gasteiger partial charge in [-0.1, -0.05) is 12.2 Å². The molecule has 7 nitrogen and oxygen atoms in total. The minimum Gasteiger partial charge on any atom is -0.456 e. The van der Waals surface area contributed by atoms with Gasteiger partial charge in [-0.15, -0.1) is 0 Å². The molecule has 0 unspecified atom stereocenters. The van der Waals surface area contributed by atoms with Gasteiger partial charge < -0.3 is 10.1 Å². The lowest BCUT2D eigenvalue weighted by Gasteiger charge is -2.20. The van der Waals surface area contributed by atoms with E-state index in [-0.39, 0.29) is 49.1 Å². The van der Waals surface area contributed by atoms with Crippen molar-refractivity contribution in [2.24, 2.45) is 11.8 Å². The first-order valence-electron chi connectivity index (χ1n) is 8.16. The molecule has 1 heterocycles. The Balaban J connectivity index is 1.77. The summed E-state index contributed by atoms with van der Waals surface area (Å²) in [5, 5.41) is 2.68. The van der Waals surface area contributed by atoms with Crippen LogP contribution in [0.15, 0.2) is 12.2 Å². The molecule has 132 valence electrons. The van der Waals surface area contributed by atoms with Crippen molar-refractivity contribution in [3.05, 3.63) is 12.2 Å². The highest BCUT2D eigenvalue weighted by Crippen LogP contribution is 2.34. The van der Waals surface area contributed by atoms with Gasteiger partial charge in [0, 0.05) is 12.1 Å². The number of fused-ring (bicyclic) bond motifs is 1. The van der Waals surface area contributed by atoms with E-state index in [0.717, 1.165) is 4.90 Å². The predicted molar refractivity (Wildman–Crippen MR) is 85.5 cm³/mol. The quantitative estimate of drug-likeness (QED) is 0.455. The standard InChI is InChI=1S/C17H24N2O5/c1-17(2,3)18-13(20)10-24-14(21)8-9-19-15(22)11-6-4-5-7-12(11)16(19)23/h4-5,11-12H,6-10H2,1-3H3,(H,18,20)/t11-,12+. The molecule has 0 aromatic heterocycles. The molecule has 0 spiro atoms. The number of amides is 3. The van der Waals surface area contributed by atoms with Crippen LogP contribution in [0.3, 0.4) is 0 Å². The Labute approximate surface area is 141 Å². The largest absolute Gasteiger partial charge is 0.456 e. The molecular weight excluding hydrogens is 312 g/mol. The molecule has 0 bridgehead atoms. The van der Waals surface area contributed by atoms with Crippen LogP contribution in [0.4, 0.5) is 0 Å². The van der Waals surface area contributed by atoms with Crippen molar-refractivity contribution in [3.8, 4) is 0 Å². The normalized spacial score (nSPS) is 23.2. The number of carbonyl (C=O) groups excluding carboxylic acids is 4. The van der Waals surface area contributed by atoms with Gasteiger partial charge in [-0.05, 0) is 33.6 Å². The van der Waals surface area contributed by atoms with Crippen molar-refractivity contribution in [2.45, 2.75) is 45.6 Å². The molecule has 1 aliphatic heterocycles. The van der Waals surface area contributed by atoms with Gasteiger partial charge in [0.2, 0.25) is 11.8 Å². The third-order valence-corrected chi connectivity index (χ3v) is 4.02. The molecule has 2 aliphatic rings. The first-order valence-corrected chi connectivity index (χ1v) is 8.16. The van der Waals surface area contributed by atoms with E-state index in [1.54, 1.807) is 0 Å². The van der Waals surface area contributed by atoms with Gasteiger partial charge in [0.05, 0.1) is 18.3 Å². The molecule has 1 fully saturated rings. The molecule has 0 radical (unpaired) electrons. The van der Waals surface area contributed by atoms with E-state index in [2.05, 4.69) is 5.32 Å². The van der Waals surface area contributed by atoms with E-state index in [9.17, 15) is 19.2 Å². The summed E-state index contributed by atoms with van der Waals surface area (Å²) in [6.45, 7) is 5.11. The van der Waals surface area contributed by atoms with E-state index in [1.165, 1.54) is 0 Å². The van der Waals surface area contributed by atoms with E-state index in [0.29, 0.717) is 12.8 Å². The molecule has 7 heteroatoms. The average molecular weight is 336 g/mol. The summed E-state index contributed by atoms with van der Waals surface area (Å²) in [4.78, 5) is 49.0. The molecule has 2 rings (SSSR count). The zero-order valence-corrected chi connectivity index (χ0v) is 14.3. The summed E-state index contributed by atoms with van der Waals surface area (Å²) in [6, 6.07) is 0. The maximum Gasteiger partial charge on any atom is 0.308 e. The highest BCUT2D eigenvalue weighted by Gasteiger charge is 2.46. The zero-order valence-electron chi connectivity index (χ0n) is 14.3. The Hall–Kier alpha value is -2.18. The van der Waals surface area contributed by atoms with Crippen LogP contribution in [-0.2, 0) is 23.9 Å². The molecule has 2 atom stereocenters. The minimum atomic E-state index is -0.604. The molecule has 0 aromatic carbocycles. The lowest BCUT2D eigenvalue weighted by Crippen LogP contribution is -2.43. The molecule has 1 aliphatic carbocycles. The van der Waals surface area contributed by atoms with Gasteiger partial charge >= 0.3 is 5.97 Å². The molecule has 0 saturated carbocycles. The number of likely N-dealkylation sites (tertiary alicyclic amines) is 1. The summed E-state index contributed by atoms with van der Waals surface area (Å²) in [7, 11) is 0. The molecule has 0 aromatic rings. The third-order valence-electron chi connectivity index (χ3n) is 4.02. The Bertz CT molecular complexity index is 550. The first-order chi connectivity index (χ1) is 11.2. The van der Waals surface area contributed by atoms with Crippen LogP contribution in [0.5, 0.6) is 0 Å². The Morgan fingerprint density at radius 2 is 1.71 bits per heavy atom. The summed E-state index contributed by atoms with van der Waals surface area (Å²) in [6.07, 6.45) is 4.87. The number of rotatable bonds is 5. The monoisotopic (exact) mass is 336 g/mol. The fourth-order valence-corrected chi connectivity index (χ4v) is 2.97. The van der Waals surface area contributed by atoms with Crippen LogP contribution in [0.1, 0.15) is 40.0 Å². The summed E-state index contributed by atoms with van der Waals surface area (Å²) in [5.74, 6) is -2.01. The Morgan fingerprint density at radius 1 is 1.17 bits per heavy atom. The van der Waals surface area contributed by atoms with E-state index < -0.39 is 11.5 Å². The van der Waals surface area contributed by atoms with E-state index in [1.807, 2.05) is 32.9 Å². The highest BCUT2D eigenvalue weighted by molar-refractivity contribution is 6.05. The summed E-state index contributed by atoms with van der Waals surface area (Å²) < 4.78 is 4.89. The van der Waals surface area contributed by atoms with Crippen molar-refractivity contribution >= 4 is 23.7 Å². The van der Waals surface area contributed by atoms with Crippen LogP contribution >= 0.6 is 0 Å². The number of imide groups is 1. The maximum absolute atomic E-state index is 12.2. The Kier molecular flexibility index (Phi) is 5.41. The van der Waals surface area contributed by atoms with Crippen molar-refractivity contribution in [3.63, 3.8) is 0 Å². The summed E-state index contributed by atoms with van der Waals surface area (Å²) >= 11 is 0. The number of ether oxygens (including phenoxy) is 1. The van der Waals surface area contributed by atoms with Gasteiger partial charge in [0.15, 0.2) is 6.61 Å². The number of hydrogen-bond donors (Lipinski definition) is 1. The lowest BCUT2D eigenvalue weighted by atomic mass is 9.85. The zero-order chi connectivity index (χ0) is 17.9. The van der Waals surface area contributed by atoms with Gasteiger partial charge in [-0.2, -0.15) is 0 Å². The van der Waals surface area contributed by atoms with Crippen LogP contribution in [0.2, 0.25) is 0 Å². The van der Waals surface area contributed by atoms with Gasteiger partial charge in [-0.25, -0.2) is 0 Å². The van der Waals surface area contributed by atoms with E-state index >= 15 is 0 Å². The number of allylic oxidation sites excluding steroid dienone is 2. The van der Waals surface area contributed by atoms with Crippen molar-refractivity contribution in [2.75, 3.05) is 13.2 Å². The number of nitrogens with zero attached hydrogens (tertiary/aromatic N) is 1. The van der Waals surface area contributed by atoms with Crippen LogP contribution < -0.4 is 5.32 Å². The van der Waals surface area contributed by atoms with Crippen LogP contribution in [0, 0.1) is 11.8 Å². The topological polar surface area (TPSA) is 92.8 Å². The van der Waals surface area contributed by atoms with Gasteiger partial charge in [-0.3, -0.25) is 24.1 Å². The van der Waals surface area contributed by atoms with Crippen molar-refractivity contribution < 1.29 is 23.9 Å². The molecule has 3 amide bonds. The van der Waals surface area contributed by atoms with Crippen LogP contribution in [0.25, 0.3) is 0 Å². The molecular formula is C17H24N2O5. The SMILES string of the molecule is CC(C)(C)NC(=O)COC(=O)CCN1C(=O)[C@H]2CC=CC[C@H]2C1=O. The Morgan fingerprint density at radius 3 is 2.21 bits per heavy atom. The van der Waals surface area contributed by atoms with Gasteiger partial charge in [0.1, 0.15) is 0 Å². The van der Waals surface area contributed by atoms with E-state index in [4.69, 9.17) is 4.74 Å². The van der Waals surface area contributed by atoms with Gasteiger partial charge in [0.25, 0.3) is 5.91 Å². The summed E-state index contributed by atoms with van der Waals surface area (Å²) in [5.41, 5.74) is -0.401. The smallest absolute Gasteiger partial charge is 0.308 e. The molecule has 1 N–H and O–H groups in total. The fraction of sp³-hybridized carbons (Fsp3) is 0.647. The number of nitrogens with one attached hydrogen (secondary N) is 1. The number of hydrogen-bond acceptors (Lipinski definition) is 5. The predicted octanol–water partition coefficient (Wildman–Crippen LogP) is 0.786. The number of carbonyl (C=O) groups is 4. The lowest BCUT2D eigenvalue weighted by molar-refractivity contribution is -0.150. The second-order valence-electron chi connectivity index (χ2n) is 7.19. The third kappa shape index (κ3) is 4.43. The van der Waals surface area contributed by atoms with Crippen molar-refractivity contribution in [1.82, 2.24) is 10.2 Å². The van der Waals surface area contributed by atoms with Crippen LogP contribution in [-0.4, -0.2) is 47.3 Å². The fourth-order valence-electron chi connectivity index (χ4n) is 2.97. The number of esters is 1. The highest BCUT2D eigenvalue weighted by atomic mass is 16.5. The minimum absolute atomic E-state index is 0.00436. The second kappa shape index (κ2) is 7.15. The average Bonchev–Trinajstić information content (AvgIpc) is 2.74. The molecule has 1 saturated heterocycles. The maximum atomic E-state index is 12.2. The second-order valence-corrected chi connectivity index (χ2v) is 7.19. The first kappa shape index (κ1) is 18.2. The molecule has 24 heavy (non-hydrogen) atoms.